The van der Waals surface area contributed by atoms with Gasteiger partial charge in [0.1, 0.15) is 6.04 Å². The zero-order valence-electron chi connectivity index (χ0n) is 14.6. The standard InChI is InChI=1S/C19H15ClF3N3O2/c1-2-16(26-10-24-14-6-4-3-5-12(14)18(26)28)17(27)25-15-9-11(19(21,22)23)7-8-13(15)20/h3-10,16H,2H2,1H3,(H,25,27). The molecule has 1 amide bonds. The van der Waals surface area contributed by atoms with Gasteiger partial charge < -0.3 is 5.32 Å². The number of nitrogens with zero attached hydrogens (tertiary/aromatic N) is 2. The van der Waals surface area contributed by atoms with Crippen LogP contribution in [0.2, 0.25) is 5.02 Å². The van der Waals surface area contributed by atoms with E-state index >= 15 is 0 Å². The van der Waals surface area contributed by atoms with Crippen molar-refractivity contribution in [1.29, 1.82) is 0 Å². The summed E-state index contributed by atoms with van der Waals surface area (Å²) < 4.78 is 39.9. The number of halogens is 4. The van der Waals surface area contributed by atoms with Gasteiger partial charge in [-0.3, -0.25) is 14.2 Å². The molecule has 3 aromatic rings. The number of aromatic nitrogens is 2. The lowest BCUT2D eigenvalue weighted by atomic mass is 10.1. The molecule has 28 heavy (non-hydrogen) atoms. The van der Waals surface area contributed by atoms with Gasteiger partial charge >= 0.3 is 6.18 Å². The highest BCUT2D eigenvalue weighted by Gasteiger charge is 2.31. The first-order valence-corrected chi connectivity index (χ1v) is 8.73. The summed E-state index contributed by atoms with van der Waals surface area (Å²) in [6.07, 6.45) is -3.10. The first kappa shape index (κ1) is 19.9. The van der Waals surface area contributed by atoms with Gasteiger partial charge in [-0.05, 0) is 36.8 Å². The minimum atomic E-state index is -4.58. The van der Waals surface area contributed by atoms with Crippen molar-refractivity contribution >= 4 is 34.1 Å². The smallest absolute Gasteiger partial charge is 0.323 e. The summed E-state index contributed by atoms with van der Waals surface area (Å²) in [7, 11) is 0. The topological polar surface area (TPSA) is 64.0 Å². The van der Waals surface area contributed by atoms with Crippen molar-refractivity contribution in [2.24, 2.45) is 0 Å². The molecule has 1 unspecified atom stereocenters. The molecule has 5 nitrogen and oxygen atoms in total. The Labute approximate surface area is 162 Å². The average Bonchev–Trinajstić information content (AvgIpc) is 2.65. The highest BCUT2D eigenvalue weighted by molar-refractivity contribution is 6.33. The van der Waals surface area contributed by atoms with Gasteiger partial charge in [0.25, 0.3) is 5.56 Å². The summed E-state index contributed by atoms with van der Waals surface area (Å²) in [5.74, 6) is -0.664. The number of carbonyl (C=O) groups is 1. The lowest BCUT2D eigenvalue weighted by Crippen LogP contribution is -2.33. The van der Waals surface area contributed by atoms with E-state index in [-0.39, 0.29) is 17.1 Å². The van der Waals surface area contributed by atoms with E-state index < -0.39 is 29.2 Å². The van der Waals surface area contributed by atoms with Crippen LogP contribution in [0.4, 0.5) is 18.9 Å². The number of anilines is 1. The SMILES string of the molecule is CCC(C(=O)Nc1cc(C(F)(F)F)ccc1Cl)n1cnc2ccccc2c1=O. The van der Waals surface area contributed by atoms with E-state index in [1.54, 1.807) is 31.2 Å². The third kappa shape index (κ3) is 3.87. The number of rotatable bonds is 4. The molecule has 146 valence electrons. The zero-order valence-corrected chi connectivity index (χ0v) is 15.4. The number of amides is 1. The number of fused-ring (bicyclic) bond motifs is 1. The van der Waals surface area contributed by atoms with Crippen molar-refractivity contribution < 1.29 is 18.0 Å². The molecule has 0 aliphatic carbocycles. The molecular weight excluding hydrogens is 395 g/mol. The van der Waals surface area contributed by atoms with Crippen molar-refractivity contribution in [1.82, 2.24) is 9.55 Å². The third-order valence-corrected chi connectivity index (χ3v) is 4.60. The van der Waals surface area contributed by atoms with Gasteiger partial charge in [0, 0.05) is 0 Å². The van der Waals surface area contributed by atoms with Crippen molar-refractivity contribution in [3.63, 3.8) is 0 Å². The second-order valence-corrected chi connectivity index (χ2v) is 6.49. The summed E-state index contributed by atoms with van der Waals surface area (Å²) in [4.78, 5) is 29.6. The fourth-order valence-corrected chi connectivity index (χ4v) is 2.99. The van der Waals surface area contributed by atoms with Crippen molar-refractivity contribution in [3.05, 3.63) is 69.7 Å². The van der Waals surface area contributed by atoms with Crippen molar-refractivity contribution in [3.8, 4) is 0 Å². The number of para-hydroxylation sites is 1. The van der Waals surface area contributed by atoms with Gasteiger partial charge in [-0.1, -0.05) is 30.7 Å². The minimum Gasteiger partial charge on any atom is -0.323 e. The molecule has 2 aromatic carbocycles. The van der Waals surface area contributed by atoms with E-state index in [9.17, 15) is 22.8 Å². The Hall–Kier alpha value is -2.87. The summed E-state index contributed by atoms with van der Waals surface area (Å²) >= 11 is 5.93. The Morgan fingerprint density at radius 1 is 1.25 bits per heavy atom. The van der Waals surface area contributed by atoms with Crippen LogP contribution in [0.3, 0.4) is 0 Å². The molecular formula is C19H15ClF3N3O2. The molecule has 0 radical (unpaired) electrons. The molecule has 0 fully saturated rings. The van der Waals surface area contributed by atoms with E-state index in [1.165, 1.54) is 10.9 Å². The normalized spacial score (nSPS) is 12.8. The van der Waals surface area contributed by atoms with Crippen LogP contribution >= 0.6 is 11.6 Å². The van der Waals surface area contributed by atoms with E-state index in [1.807, 2.05) is 0 Å². The molecule has 1 aromatic heterocycles. The van der Waals surface area contributed by atoms with E-state index in [2.05, 4.69) is 10.3 Å². The molecule has 0 saturated heterocycles. The Morgan fingerprint density at radius 3 is 2.64 bits per heavy atom. The quantitative estimate of drug-likeness (QED) is 0.681. The molecule has 0 aliphatic heterocycles. The molecule has 3 rings (SSSR count). The van der Waals surface area contributed by atoms with Gasteiger partial charge in [-0.2, -0.15) is 13.2 Å². The number of alkyl halides is 3. The first-order chi connectivity index (χ1) is 13.2. The molecule has 0 spiro atoms. The van der Waals surface area contributed by atoms with Gasteiger partial charge in [0.15, 0.2) is 0 Å². The summed E-state index contributed by atoms with van der Waals surface area (Å²) in [6, 6.07) is 8.36. The highest BCUT2D eigenvalue weighted by Crippen LogP contribution is 2.34. The molecule has 0 bridgehead atoms. The summed E-state index contributed by atoms with van der Waals surface area (Å²) in [6.45, 7) is 1.68. The predicted molar refractivity (Wildman–Crippen MR) is 100 cm³/mol. The molecule has 1 atom stereocenters. The Morgan fingerprint density at radius 2 is 1.96 bits per heavy atom. The van der Waals surface area contributed by atoms with Crippen LogP contribution in [0, 0.1) is 0 Å². The van der Waals surface area contributed by atoms with E-state index in [4.69, 9.17) is 11.6 Å². The minimum absolute atomic E-state index is 0.0415. The highest BCUT2D eigenvalue weighted by atomic mass is 35.5. The van der Waals surface area contributed by atoms with Gasteiger partial charge in [0.2, 0.25) is 5.91 Å². The molecule has 0 aliphatic rings. The van der Waals surface area contributed by atoms with Gasteiger partial charge in [0.05, 0.1) is 33.5 Å². The maximum absolute atomic E-state index is 12.9. The van der Waals surface area contributed by atoms with Gasteiger partial charge in [-0.15, -0.1) is 0 Å². The first-order valence-electron chi connectivity index (χ1n) is 8.36. The second-order valence-electron chi connectivity index (χ2n) is 6.08. The monoisotopic (exact) mass is 409 g/mol. The lowest BCUT2D eigenvalue weighted by Gasteiger charge is -2.19. The maximum atomic E-state index is 12.9. The van der Waals surface area contributed by atoms with Crippen molar-refractivity contribution in [2.75, 3.05) is 5.32 Å². The summed E-state index contributed by atoms with van der Waals surface area (Å²) in [5.41, 5.74) is -1.05. The lowest BCUT2D eigenvalue weighted by molar-refractivity contribution is -0.137. The summed E-state index contributed by atoms with van der Waals surface area (Å²) in [5, 5.41) is 2.69. The predicted octanol–water partition coefficient (Wildman–Crippen LogP) is 4.66. The van der Waals surface area contributed by atoms with Crippen LogP contribution in [-0.4, -0.2) is 15.5 Å². The van der Waals surface area contributed by atoms with Crippen LogP contribution in [-0.2, 0) is 11.0 Å². The second kappa shape index (κ2) is 7.63. The zero-order chi connectivity index (χ0) is 20.5. The van der Waals surface area contributed by atoms with E-state index in [0.29, 0.717) is 10.9 Å². The Bertz CT molecular complexity index is 1100. The molecule has 9 heteroatoms. The molecule has 1 heterocycles. The van der Waals surface area contributed by atoms with Crippen LogP contribution in [0.25, 0.3) is 10.9 Å². The fraction of sp³-hybridized carbons (Fsp3) is 0.211. The number of carbonyl (C=O) groups excluding carboxylic acids is 1. The van der Waals surface area contributed by atoms with Gasteiger partial charge in [-0.25, -0.2) is 4.98 Å². The Kier molecular flexibility index (Phi) is 5.42. The third-order valence-electron chi connectivity index (χ3n) is 4.27. The number of hydrogen-bond acceptors (Lipinski definition) is 3. The van der Waals surface area contributed by atoms with E-state index in [0.717, 1.165) is 18.2 Å². The van der Waals surface area contributed by atoms with Crippen LogP contribution in [0.1, 0.15) is 24.9 Å². The number of benzene rings is 2. The maximum Gasteiger partial charge on any atom is 0.416 e. The average molecular weight is 410 g/mol. The molecule has 1 N–H and O–H groups in total. The van der Waals surface area contributed by atoms with Crippen molar-refractivity contribution in [2.45, 2.75) is 25.6 Å². The van der Waals surface area contributed by atoms with Crippen LogP contribution in [0.15, 0.2) is 53.6 Å². The Balaban J connectivity index is 1.96. The van der Waals surface area contributed by atoms with Crippen LogP contribution in [0.5, 0.6) is 0 Å². The largest absolute Gasteiger partial charge is 0.416 e. The number of nitrogens with one attached hydrogen (secondary N) is 1. The van der Waals surface area contributed by atoms with Crippen LogP contribution < -0.4 is 10.9 Å². The fourth-order valence-electron chi connectivity index (χ4n) is 2.83. The number of hydrogen-bond donors (Lipinski definition) is 1. The molecule has 0 saturated carbocycles.